The lowest BCUT2D eigenvalue weighted by molar-refractivity contribution is 0.414. The van der Waals surface area contributed by atoms with E-state index in [1.807, 2.05) is 53.9 Å². The van der Waals surface area contributed by atoms with Crippen molar-refractivity contribution in [3.05, 3.63) is 71.6 Å². The van der Waals surface area contributed by atoms with Crippen molar-refractivity contribution >= 4 is 28.1 Å². The van der Waals surface area contributed by atoms with E-state index in [2.05, 4.69) is 17.4 Å². The Balaban J connectivity index is 1.67. The van der Waals surface area contributed by atoms with Crippen molar-refractivity contribution in [2.45, 2.75) is 6.54 Å². The number of ether oxygens (including phenoxy) is 1. The molecule has 0 unspecified atom stereocenters. The zero-order chi connectivity index (χ0) is 17.1. The van der Waals surface area contributed by atoms with E-state index in [9.17, 15) is 0 Å². The summed E-state index contributed by atoms with van der Waals surface area (Å²) >= 11 is 1.65. The fourth-order valence-electron chi connectivity index (χ4n) is 2.66. The predicted octanol–water partition coefficient (Wildman–Crippen LogP) is 4.98. The molecule has 0 saturated carbocycles. The van der Waals surface area contributed by atoms with Gasteiger partial charge < -0.3 is 10.1 Å². The molecule has 4 aromatic rings. The molecule has 1 N–H and O–H groups in total. The summed E-state index contributed by atoms with van der Waals surface area (Å²) in [7, 11) is 1.67. The number of hydrogen-bond acceptors (Lipinski definition) is 5. The number of rotatable bonds is 5. The maximum atomic E-state index is 5.21. The Morgan fingerprint density at radius 1 is 0.960 bits per heavy atom. The number of para-hydroxylation sites is 1. The highest BCUT2D eigenvalue weighted by Gasteiger charge is 2.09. The second kappa shape index (κ2) is 6.91. The lowest BCUT2D eigenvalue weighted by atomic mass is 10.2. The van der Waals surface area contributed by atoms with Crippen LogP contribution in [-0.4, -0.2) is 17.1 Å². The zero-order valence-corrected chi connectivity index (χ0v) is 14.6. The number of methoxy groups -OCH3 is 1. The van der Waals surface area contributed by atoms with Gasteiger partial charge in [-0.1, -0.05) is 30.3 Å². The molecule has 0 aliphatic carbocycles. The molecule has 25 heavy (non-hydrogen) atoms. The third-order valence-corrected chi connectivity index (χ3v) is 4.83. The summed E-state index contributed by atoms with van der Waals surface area (Å²) in [5, 5.41) is 6.52. The van der Waals surface area contributed by atoms with Crippen LogP contribution in [0.5, 0.6) is 5.75 Å². The van der Waals surface area contributed by atoms with Crippen LogP contribution in [0.1, 0.15) is 5.56 Å². The Hall–Kier alpha value is -2.92. The van der Waals surface area contributed by atoms with Crippen LogP contribution in [0.4, 0.5) is 5.82 Å². The Kier molecular flexibility index (Phi) is 4.31. The first kappa shape index (κ1) is 15.6. The van der Waals surface area contributed by atoms with E-state index in [-0.39, 0.29) is 0 Å². The van der Waals surface area contributed by atoms with E-state index in [0.29, 0.717) is 6.54 Å². The second-order valence-electron chi connectivity index (χ2n) is 5.59. The summed E-state index contributed by atoms with van der Waals surface area (Å²) in [6.45, 7) is 0.689. The summed E-state index contributed by atoms with van der Waals surface area (Å²) in [6.07, 6.45) is 0. The molecule has 0 aliphatic heterocycles. The molecular formula is C20H17N3OS. The SMILES string of the molecule is COc1ccc(CNc2nc(-c3cccs3)nc3ccccc23)cc1. The van der Waals surface area contributed by atoms with Crippen molar-refractivity contribution < 1.29 is 4.74 Å². The molecule has 124 valence electrons. The van der Waals surface area contributed by atoms with Crippen molar-refractivity contribution in [3.63, 3.8) is 0 Å². The van der Waals surface area contributed by atoms with E-state index in [1.54, 1.807) is 18.4 Å². The van der Waals surface area contributed by atoms with Gasteiger partial charge in [0, 0.05) is 11.9 Å². The average Bonchev–Trinajstić information content (AvgIpc) is 3.21. The molecular weight excluding hydrogens is 330 g/mol. The normalized spacial score (nSPS) is 10.8. The molecule has 0 fully saturated rings. The summed E-state index contributed by atoms with van der Waals surface area (Å²) < 4.78 is 5.21. The Morgan fingerprint density at radius 2 is 1.80 bits per heavy atom. The second-order valence-corrected chi connectivity index (χ2v) is 6.54. The number of hydrogen-bond donors (Lipinski definition) is 1. The number of nitrogens with zero attached hydrogens (tertiary/aromatic N) is 2. The van der Waals surface area contributed by atoms with Crippen LogP contribution in [0.2, 0.25) is 0 Å². The first-order valence-electron chi connectivity index (χ1n) is 8.01. The first-order valence-corrected chi connectivity index (χ1v) is 8.89. The highest BCUT2D eigenvalue weighted by Crippen LogP contribution is 2.27. The third-order valence-electron chi connectivity index (χ3n) is 3.96. The number of fused-ring (bicyclic) bond motifs is 1. The number of thiophene rings is 1. The minimum absolute atomic E-state index is 0.689. The minimum atomic E-state index is 0.689. The quantitative estimate of drug-likeness (QED) is 0.553. The van der Waals surface area contributed by atoms with Gasteiger partial charge in [-0.15, -0.1) is 11.3 Å². The van der Waals surface area contributed by atoms with Gasteiger partial charge in [-0.05, 0) is 41.3 Å². The Labute approximate surface area is 150 Å². The van der Waals surface area contributed by atoms with E-state index >= 15 is 0 Å². The van der Waals surface area contributed by atoms with Crippen LogP contribution < -0.4 is 10.1 Å². The molecule has 2 aromatic carbocycles. The van der Waals surface area contributed by atoms with Crippen molar-refractivity contribution in [2.75, 3.05) is 12.4 Å². The van der Waals surface area contributed by atoms with Crippen LogP contribution in [-0.2, 0) is 6.54 Å². The van der Waals surface area contributed by atoms with E-state index in [4.69, 9.17) is 14.7 Å². The molecule has 2 heterocycles. The molecule has 0 bridgehead atoms. The van der Waals surface area contributed by atoms with E-state index < -0.39 is 0 Å². The van der Waals surface area contributed by atoms with Gasteiger partial charge in [-0.3, -0.25) is 0 Å². The Morgan fingerprint density at radius 3 is 2.56 bits per heavy atom. The average molecular weight is 347 g/mol. The van der Waals surface area contributed by atoms with Crippen LogP contribution in [0, 0.1) is 0 Å². The number of anilines is 1. The summed E-state index contributed by atoms with van der Waals surface area (Å²) in [5.41, 5.74) is 2.11. The van der Waals surface area contributed by atoms with Gasteiger partial charge in [0.1, 0.15) is 11.6 Å². The molecule has 4 nitrogen and oxygen atoms in total. The number of nitrogens with one attached hydrogen (secondary N) is 1. The summed E-state index contributed by atoms with van der Waals surface area (Å²) in [4.78, 5) is 10.5. The fourth-order valence-corrected chi connectivity index (χ4v) is 3.31. The third kappa shape index (κ3) is 3.32. The van der Waals surface area contributed by atoms with Gasteiger partial charge >= 0.3 is 0 Å². The zero-order valence-electron chi connectivity index (χ0n) is 13.8. The topological polar surface area (TPSA) is 47.0 Å². The van der Waals surface area contributed by atoms with Gasteiger partial charge in [0.25, 0.3) is 0 Å². The fraction of sp³-hybridized carbons (Fsp3) is 0.100. The predicted molar refractivity (Wildman–Crippen MR) is 103 cm³/mol. The van der Waals surface area contributed by atoms with Crippen LogP contribution in [0.15, 0.2) is 66.0 Å². The Bertz CT molecular complexity index is 982. The lowest BCUT2D eigenvalue weighted by Crippen LogP contribution is -2.04. The van der Waals surface area contributed by atoms with Gasteiger partial charge in [0.2, 0.25) is 0 Å². The monoisotopic (exact) mass is 347 g/mol. The van der Waals surface area contributed by atoms with Gasteiger partial charge in [-0.2, -0.15) is 0 Å². The van der Waals surface area contributed by atoms with Crippen molar-refractivity contribution in [1.29, 1.82) is 0 Å². The highest BCUT2D eigenvalue weighted by molar-refractivity contribution is 7.13. The smallest absolute Gasteiger partial charge is 0.172 e. The van der Waals surface area contributed by atoms with E-state index in [0.717, 1.165) is 33.2 Å². The summed E-state index contributed by atoms with van der Waals surface area (Å²) in [6, 6.07) is 20.2. The maximum Gasteiger partial charge on any atom is 0.172 e. The molecule has 0 aliphatic rings. The molecule has 0 amide bonds. The van der Waals surface area contributed by atoms with Gasteiger partial charge in [0.05, 0.1) is 17.5 Å². The summed E-state index contributed by atoms with van der Waals surface area (Å²) in [5.74, 6) is 2.46. The largest absolute Gasteiger partial charge is 0.497 e. The number of aromatic nitrogens is 2. The molecule has 2 aromatic heterocycles. The van der Waals surface area contributed by atoms with Crippen molar-refractivity contribution in [2.24, 2.45) is 0 Å². The van der Waals surface area contributed by atoms with E-state index in [1.165, 1.54) is 5.56 Å². The van der Waals surface area contributed by atoms with Gasteiger partial charge in [0.15, 0.2) is 5.82 Å². The molecule has 0 radical (unpaired) electrons. The standard InChI is InChI=1S/C20H17N3OS/c1-24-15-10-8-14(9-11-15)13-21-19-16-5-2-3-6-17(16)22-20(23-19)18-7-4-12-25-18/h2-12H,13H2,1H3,(H,21,22,23). The maximum absolute atomic E-state index is 5.21. The number of benzene rings is 2. The molecule has 0 saturated heterocycles. The molecule has 0 spiro atoms. The van der Waals surface area contributed by atoms with Gasteiger partial charge in [-0.25, -0.2) is 9.97 Å². The van der Waals surface area contributed by atoms with Crippen LogP contribution in [0.25, 0.3) is 21.6 Å². The molecule has 0 atom stereocenters. The van der Waals surface area contributed by atoms with Crippen LogP contribution >= 0.6 is 11.3 Å². The van der Waals surface area contributed by atoms with Crippen molar-refractivity contribution in [1.82, 2.24) is 9.97 Å². The first-order chi connectivity index (χ1) is 12.3. The van der Waals surface area contributed by atoms with Crippen molar-refractivity contribution in [3.8, 4) is 16.5 Å². The highest BCUT2D eigenvalue weighted by atomic mass is 32.1. The molecule has 4 rings (SSSR count). The lowest BCUT2D eigenvalue weighted by Gasteiger charge is -2.11. The molecule has 5 heteroatoms. The minimum Gasteiger partial charge on any atom is -0.497 e. The van der Waals surface area contributed by atoms with Crippen LogP contribution in [0.3, 0.4) is 0 Å².